The van der Waals surface area contributed by atoms with Gasteiger partial charge in [-0.05, 0) is 42.9 Å². The van der Waals surface area contributed by atoms with E-state index in [1.54, 1.807) is 0 Å². The lowest BCUT2D eigenvalue weighted by Gasteiger charge is -2.31. The van der Waals surface area contributed by atoms with Crippen molar-refractivity contribution in [1.82, 2.24) is 14.1 Å². The van der Waals surface area contributed by atoms with Gasteiger partial charge in [0.05, 0.1) is 16.5 Å². The van der Waals surface area contributed by atoms with Gasteiger partial charge in [-0.15, -0.1) is 0 Å². The number of rotatable bonds is 6. The Balaban J connectivity index is 1.87. The number of benzene rings is 2. The average molecular weight is 481 g/mol. The van der Waals surface area contributed by atoms with E-state index in [0.717, 1.165) is 6.07 Å². The average Bonchev–Trinajstić information content (AvgIpc) is 2.78. The van der Waals surface area contributed by atoms with Gasteiger partial charge in [0, 0.05) is 38.3 Å². The van der Waals surface area contributed by atoms with Crippen LogP contribution in [0.25, 0.3) is 0 Å². The van der Waals surface area contributed by atoms with Crippen molar-refractivity contribution in [3.05, 3.63) is 65.2 Å². The fourth-order valence-corrected chi connectivity index (χ4v) is 4.94. The second-order valence-electron chi connectivity index (χ2n) is 7.82. The molecule has 176 valence electrons. The molecule has 0 bridgehead atoms. The second kappa shape index (κ2) is 9.91. The van der Waals surface area contributed by atoms with Gasteiger partial charge in [-0.25, -0.2) is 8.42 Å². The molecule has 2 aromatic rings. The Morgan fingerprint density at radius 1 is 1.09 bits per heavy atom. The number of nitrogens with zero attached hydrogens (tertiary/aromatic N) is 4. The number of halogens is 3. The summed E-state index contributed by atoms with van der Waals surface area (Å²) in [6.45, 7) is -0.157. The van der Waals surface area contributed by atoms with Crippen LogP contribution in [-0.4, -0.2) is 74.4 Å². The number of carbonyl (C=O) groups is 1. The highest BCUT2D eigenvalue weighted by Crippen LogP contribution is 2.23. The molecule has 0 unspecified atom stereocenters. The minimum Gasteiger partial charge on any atom is -0.325 e. The number of likely N-dealkylation sites (N-methyl/N-ethyl adjacent to an activating group) is 1. The highest BCUT2D eigenvalue weighted by molar-refractivity contribution is 7.89. The van der Waals surface area contributed by atoms with E-state index >= 15 is 0 Å². The zero-order valence-electron chi connectivity index (χ0n) is 17.9. The highest BCUT2D eigenvalue weighted by Gasteiger charge is 2.34. The summed E-state index contributed by atoms with van der Waals surface area (Å²) in [5, 5.41) is 8.88. The van der Waals surface area contributed by atoms with Gasteiger partial charge in [0.25, 0.3) is 5.91 Å². The first-order chi connectivity index (χ1) is 15.5. The lowest BCUT2D eigenvalue weighted by atomic mass is 10.1. The number of hydrogen-bond acceptors (Lipinski definition) is 5. The van der Waals surface area contributed by atoms with E-state index in [9.17, 15) is 26.4 Å². The lowest BCUT2D eigenvalue weighted by Crippen LogP contribution is -2.47. The van der Waals surface area contributed by atoms with Gasteiger partial charge in [-0.3, -0.25) is 4.79 Å². The van der Waals surface area contributed by atoms with Gasteiger partial charge in [0.2, 0.25) is 10.0 Å². The third-order valence-electron chi connectivity index (χ3n) is 5.29. The summed E-state index contributed by atoms with van der Waals surface area (Å²) < 4.78 is 66.9. The fraction of sp³-hybridized carbons (Fsp3) is 0.364. The van der Waals surface area contributed by atoms with Crippen molar-refractivity contribution in [2.75, 3.05) is 39.8 Å². The predicted molar refractivity (Wildman–Crippen MR) is 115 cm³/mol. The van der Waals surface area contributed by atoms with Gasteiger partial charge in [-0.1, -0.05) is 18.2 Å². The Labute approximate surface area is 190 Å². The van der Waals surface area contributed by atoms with Crippen molar-refractivity contribution in [2.24, 2.45) is 0 Å². The first-order valence-corrected chi connectivity index (χ1v) is 11.6. The van der Waals surface area contributed by atoms with E-state index in [1.165, 1.54) is 46.8 Å². The number of piperazine rings is 1. The zero-order valence-corrected chi connectivity index (χ0v) is 18.7. The predicted octanol–water partition coefficient (Wildman–Crippen LogP) is 2.70. The number of nitriles is 1. The molecule has 1 aliphatic rings. The van der Waals surface area contributed by atoms with Crippen molar-refractivity contribution in [2.45, 2.75) is 17.6 Å². The van der Waals surface area contributed by atoms with Crippen LogP contribution in [-0.2, 0) is 16.6 Å². The molecule has 0 N–H and O–H groups in total. The molecule has 2 aromatic carbocycles. The van der Waals surface area contributed by atoms with Crippen LogP contribution in [0.2, 0.25) is 0 Å². The van der Waals surface area contributed by atoms with E-state index in [4.69, 9.17) is 5.26 Å². The first kappa shape index (κ1) is 24.7. The van der Waals surface area contributed by atoms with E-state index < -0.39 is 28.7 Å². The first-order valence-electron chi connectivity index (χ1n) is 10.1. The van der Waals surface area contributed by atoms with E-state index in [-0.39, 0.29) is 30.1 Å². The molecule has 7 nitrogen and oxygen atoms in total. The third-order valence-corrected chi connectivity index (χ3v) is 7.19. The molecule has 1 fully saturated rings. The second-order valence-corrected chi connectivity index (χ2v) is 9.76. The molecule has 1 heterocycles. The molecule has 1 aliphatic heterocycles. The summed E-state index contributed by atoms with van der Waals surface area (Å²) >= 11 is 0. The summed E-state index contributed by atoms with van der Waals surface area (Å²) in [5.74, 6) is -0.938. The molecule has 33 heavy (non-hydrogen) atoms. The largest absolute Gasteiger partial charge is 0.406 e. The summed E-state index contributed by atoms with van der Waals surface area (Å²) in [4.78, 5) is 15.5. The van der Waals surface area contributed by atoms with Gasteiger partial charge in [0.15, 0.2) is 0 Å². The van der Waals surface area contributed by atoms with Gasteiger partial charge in [-0.2, -0.15) is 22.7 Å². The molecule has 1 amide bonds. The maximum absolute atomic E-state index is 13.2. The van der Waals surface area contributed by atoms with Crippen LogP contribution in [0.4, 0.5) is 13.2 Å². The van der Waals surface area contributed by atoms with E-state index in [2.05, 4.69) is 0 Å². The van der Waals surface area contributed by atoms with Gasteiger partial charge >= 0.3 is 6.18 Å². The van der Waals surface area contributed by atoms with Crippen molar-refractivity contribution >= 4 is 15.9 Å². The maximum Gasteiger partial charge on any atom is 0.406 e. The SMILES string of the molecule is CN1CCN(S(=O)(=O)c2cccc(C(=O)N(Cc3ccc(C#N)cc3)CC(F)(F)F)c2)CC1. The van der Waals surface area contributed by atoms with Crippen molar-refractivity contribution in [3.63, 3.8) is 0 Å². The van der Waals surface area contributed by atoms with Crippen LogP contribution in [0, 0.1) is 11.3 Å². The molecule has 0 aromatic heterocycles. The minimum absolute atomic E-state index is 0.136. The van der Waals surface area contributed by atoms with E-state index in [0.29, 0.717) is 29.1 Å². The Morgan fingerprint density at radius 3 is 2.30 bits per heavy atom. The zero-order chi connectivity index (χ0) is 24.2. The van der Waals surface area contributed by atoms with Gasteiger partial charge < -0.3 is 9.80 Å². The number of amides is 1. The number of alkyl halides is 3. The van der Waals surface area contributed by atoms with Crippen molar-refractivity contribution in [3.8, 4) is 6.07 Å². The van der Waals surface area contributed by atoms with Crippen molar-refractivity contribution < 1.29 is 26.4 Å². The molecule has 11 heteroatoms. The molecule has 0 radical (unpaired) electrons. The van der Waals surface area contributed by atoms with Crippen LogP contribution in [0.1, 0.15) is 21.5 Å². The molecule has 0 aliphatic carbocycles. The van der Waals surface area contributed by atoms with Crippen molar-refractivity contribution in [1.29, 1.82) is 5.26 Å². The number of sulfonamides is 1. The Hall–Kier alpha value is -2.94. The minimum atomic E-state index is -4.65. The molecule has 1 saturated heterocycles. The van der Waals surface area contributed by atoms with Crippen LogP contribution in [0.3, 0.4) is 0 Å². The standard InChI is InChI=1S/C22H23F3N4O3S/c1-27-9-11-29(12-10-27)33(31,32)20-4-2-3-19(13-20)21(30)28(16-22(23,24)25)15-18-7-5-17(14-26)6-8-18/h2-8,13H,9-12,15-16H2,1H3. The van der Waals surface area contributed by atoms with Crippen LogP contribution < -0.4 is 0 Å². The monoisotopic (exact) mass is 480 g/mol. The summed E-state index contributed by atoms with van der Waals surface area (Å²) in [5.41, 5.74) is 0.602. The number of hydrogen-bond donors (Lipinski definition) is 0. The number of carbonyl (C=O) groups excluding carboxylic acids is 1. The summed E-state index contributed by atoms with van der Waals surface area (Å²) in [7, 11) is -2.00. The van der Waals surface area contributed by atoms with Gasteiger partial charge in [0.1, 0.15) is 6.54 Å². The smallest absolute Gasteiger partial charge is 0.325 e. The van der Waals surface area contributed by atoms with Crippen LogP contribution in [0.5, 0.6) is 0 Å². The molecule has 0 atom stereocenters. The van der Waals surface area contributed by atoms with Crippen LogP contribution in [0.15, 0.2) is 53.4 Å². The highest BCUT2D eigenvalue weighted by atomic mass is 32.2. The summed E-state index contributed by atoms with van der Waals surface area (Å²) in [6, 6.07) is 12.9. The van der Waals surface area contributed by atoms with E-state index in [1.807, 2.05) is 18.0 Å². The quantitative estimate of drug-likeness (QED) is 0.635. The topological polar surface area (TPSA) is 84.7 Å². The Bertz CT molecular complexity index is 1140. The normalized spacial score (nSPS) is 15.7. The molecule has 0 saturated carbocycles. The molecular formula is C22H23F3N4O3S. The summed E-state index contributed by atoms with van der Waals surface area (Å²) in [6.07, 6.45) is -4.65. The van der Waals surface area contributed by atoms with Crippen LogP contribution >= 0.6 is 0 Å². The maximum atomic E-state index is 13.2. The molecule has 3 rings (SSSR count). The molecule has 0 spiro atoms. The fourth-order valence-electron chi connectivity index (χ4n) is 3.47. The Kier molecular flexibility index (Phi) is 7.41. The molecular weight excluding hydrogens is 457 g/mol. The lowest BCUT2D eigenvalue weighted by molar-refractivity contribution is -0.141. The Morgan fingerprint density at radius 2 is 1.73 bits per heavy atom. The third kappa shape index (κ3) is 6.31.